The van der Waals surface area contributed by atoms with Crippen LogP contribution in [0.25, 0.3) is 0 Å². The molecule has 0 saturated carbocycles. The molecule has 0 spiro atoms. The zero-order chi connectivity index (χ0) is 18.5. The molecule has 138 valence electrons. The van der Waals surface area contributed by atoms with Crippen molar-refractivity contribution in [3.05, 3.63) is 53.9 Å². The SMILES string of the molecule is COc1ccc(C(c2ccncc2)N2CCC(C(=O)O)CC2)c(OC)c1. The number of aromatic nitrogens is 1. The average Bonchev–Trinajstić information content (AvgIpc) is 2.69. The van der Waals surface area contributed by atoms with Crippen molar-refractivity contribution in [2.45, 2.75) is 18.9 Å². The summed E-state index contributed by atoms with van der Waals surface area (Å²) in [6.45, 7) is 1.44. The zero-order valence-electron chi connectivity index (χ0n) is 15.1. The summed E-state index contributed by atoms with van der Waals surface area (Å²) < 4.78 is 10.9. The molecule has 0 amide bonds. The molecule has 1 atom stereocenters. The van der Waals surface area contributed by atoms with Gasteiger partial charge in [-0.1, -0.05) is 0 Å². The van der Waals surface area contributed by atoms with E-state index in [0.29, 0.717) is 12.8 Å². The number of likely N-dealkylation sites (tertiary alicyclic amines) is 1. The van der Waals surface area contributed by atoms with Gasteiger partial charge in [-0.25, -0.2) is 0 Å². The van der Waals surface area contributed by atoms with E-state index in [-0.39, 0.29) is 12.0 Å². The topological polar surface area (TPSA) is 71.9 Å². The number of piperidine rings is 1. The van der Waals surface area contributed by atoms with Gasteiger partial charge in [-0.05, 0) is 55.8 Å². The molecule has 1 aliphatic rings. The number of carboxylic acid groups (broad SMARTS) is 1. The average molecular weight is 356 g/mol. The van der Waals surface area contributed by atoms with Crippen LogP contribution in [-0.2, 0) is 4.79 Å². The van der Waals surface area contributed by atoms with E-state index in [0.717, 1.165) is 35.7 Å². The lowest BCUT2D eigenvalue weighted by Gasteiger charge is -2.37. The predicted octanol–water partition coefficient (Wildman–Crippen LogP) is 2.98. The number of benzene rings is 1. The fraction of sp³-hybridized carbons (Fsp3) is 0.400. The van der Waals surface area contributed by atoms with Crippen LogP contribution in [0.3, 0.4) is 0 Å². The lowest BCUT2D eigenvalue weighted by atomic mass is 9.91. The van der Waals surface area contributed by atoms with Crippen molar-refractivity contribution >= 4 is 5.97 Å². The molecule has 1 fully saturated rings. The van der Waals surface area contributed by atoms with E-state index in [1.165, 1.54) is 0 Å². The summed E-state index contributed by atoms with van der Waals surface area (Å²) in [5.41, 5.74) is 2.14. The summed E-state index contributed by atoms with van der Waals surface area (Å²) in [6.07, 6.45) is 4.86. The molecule has 1 unspecified atom stereocenters. The molecule has 1 saturated heterocycles. The van der Waals surface area contributed by atoms with E-state index in [1.54, 1.807) is 26.6 Å². The minimum absolute atomic E-state index is 0.0198. The third-order valence-corrected chi connectivity index (χ3v) is 5.00. The van der Waals surface area contributed by atoms with E-state index in [4.69, 9.17) is 9.47 Å². The number of rotatable bonds is 6. The Morgan fingerprint density at radius 1 is 1.15 bits per heavy atom. The number of carbonyl (C=O) groups is 1. The van der Waals surface area contributed by atoms with Crippen LogP contribution in [0.15, 0.2) is 42.7 Å². The summed E-state index contributed by atoms with van der Waals surface area (Å²) >= 11 is 0. The summed E-state index contributed by atoms with van der Waals surface area (Å²) in [4.78, 5) is 17.7. The highest BCUT2D eigenvalue weighted by Crippen LogP contribution is 2.38. The smallest absolute Gasteiger partial charge is 0.306 e. The van der Waals surface area contributed by atoms with Crippen molar-refractivity contribution < 1.29 is 19.4 Å². The van der Waals surface area contributed by atoms with Gasteiger partial charge in [0.2, 0.25) is 0 Å². The number of nitrogens with zero attached hydrogens (tertiary/aromatic N) is 2. The molecule has 1 N–H and O–H groups in total. The predicted molar refractivity (Wildman–Crippen MR) is 97.6 cm³/mol. The van der Waals surface area contributed by atoms with Crippen molar-refractivity contribution in [1.82, 2.24) is 9.88 Å². The van der Waals surface area contributed by atoms with Crippen LogP contribution in [0.5, 0.6) is 11.5 Å². The maximum atomic E-state index is 11.3. The fourth-order valence-electron chi connectivity index (χ4n) is 3.58. The molecule has 26 heavy (non-hydrogen) atoms. The van der Waals surface area contributed by atoms with Crippen LogP contribution < -0.4 is 9.47 Å². The summed E-state index contributed by atoms with van der Waals surface area (Å²) in [7, 11) is 3.28. The minimum atomic E-state index is -0.702. The Labute approximate surface area is 153 Å². The molecule has 3 rings (SSSR count). The second-order valence-electron chi connectivity index (χ2n) is 6.44. The number of ether oxygens (including phenoxy) is 2. The molecule has 1 aliphatic heterocycles. The van der Waals surface area contributed by atoms with Gasteiger partial charge < -0.3 is 14.6 Å². The van der Waals surface area contributed by atoms with Crippen LogP contribution in [0.1, 0.15) is 30.0 Å². The maximum Gasteiger partial charge on any atom is 0.306 e. The fourth-order valence-corrected chi connectivity index (χ4v) is 3.58. The Balaban J connectivity index is 1.97. The van der Waals surface area contributed by atoms with Crippen LogP contribution >= 0.6 is 0 Å². The van der Waals surface area contributed by atoms with Gasteiger partial charge in [0.1, 0.15) is 11.5 Å². The molecule has 6 nitrogen and oxygen atoms in total. The maximum absolute atomic E-state index is 11.3. The van der Waals surface area contributed by atoms with E-state index in [2.05, 4.69) is 9.88 Å². The summed E-state index contributed by atoms with van der Waals surface area (Å²) in [5.74, 6) is 0.532. The van der Waals surface area contributed by atoms with Crippen LogP contribution in [0.2, 0.25) is 0 Å². The van der Waals surface area contributed by atoms with E-state index < -0.39 is 5.97 Å². The highest BCUT2D eigenvalue weighted by molar-refractivity contribution is 5.70. The van der Waals surface area contributed by atoms with E-state index in [9.17, 15) is 9.90 Å². The molecule has 2 aromatic rings. The van der Waals surface area contributed by atoms with Crippen molar-refractivity contribution in [2.24, 2.45) is 5.92 Å². The largest absolute Gasteiger partial charge is 0.497 e. The summed E-state index contributed by atoms with van der Waals surface area (Å²) in [6, 6.07) is 9.80. The van der Waals surface area contributed by atoms with Crippen molar-refractivity contribution in [3.8, 4) is 11.5 Å². The lowest BCUT2D eigenvalue weighted by molar-refractivity contribution is -0.143. The normalized spacial score (nSPS) is 16.8. The molecular formula is C20H24N2O4. The quantitative estimate of drug-likeness (QED) is 0.858. The zero-order valence-corrected chi connectivity index (χ0v) is 15.1. The Bertz CT molecular complexity index is 743. The standard InChI is InChI=1S/C20H24N2O4/c1-25-16-3-4-17(18(13-16)26-2)19(14-5-9-21-10-6-14)22-11-7-15(8-12-22)20(23)24/h3-6,9-10,13,15,19H,7-8,11-12H2,1-2H3,(H,23,24). The Morgan fingerprint density at radius 3 is 2.42 bits per heavy atom. The first-order chi connectivity index (χ1) is 12.6. The first kappa shape index (κ1) is 18.2. The number of hydrogen-bond donors (Lipinski definition) is 1. The van der Waals surface area contributed by atoms with Gasteiger partial charge in [0.25, 0.3) is 0 Å². The monoisotopic (exact) mass is 356 g/mol. The van der Waals surface area contributed by atoms with Crippen LogP contribution in [0.4, 0.5) is 0 Å². The number of pyridine rings is 1. The Morgan fingerprint density at radius 2 is 1.85 bits per heavy atom. The summed E-state index contributed by atoms with van der Waals surface area (Å²) in [5, 5.41) is 9.28. The second-order valence-corrected chi connectivity index (χ2v) is 6.44. The van der Waals surface area contributed by atoms with Gasteiger partial charge in [-0.3, -0.25) is 14.7 Å². The van der Waals surface area contributed by atoms with E-state index in [1.807, 2.05) is 30.3 Å². The molecule has 1 aromatic heterocycles. The van der Waals surface area contributed by atoms with Crippen LogP contribution in [0, 0.1) is 5.92 Å². The first-order valence-electron chi connectivity index (χ1n) is 8.72. The minimum Gasteiger partial charge on any atom is -0.497 e. The second kappa shape index (κ2) is 8.19. The van der Waals surface area contributed by atoms with Gasteiger partial charge in [-0.15, -0.1) is 0 Å². The number of methoxy groups -OCH3 is 2. The number of carboxylic acids is 1. The highest BCUT2D eigenvalue weighted by atomic mass is 16.5. The molecular weight excluding hydrogens is 332 g/mol. The van der Waals surface area contributed by atoms with Crippen molar-refractivity contribution in [2.75, 3.05) is 27.3 Å². The highest BCUT2D eigenvalue weighted by Gasteiger charge is 2.31. The lowest BCUT2D eigenvalue weighted by Crippen LogP contribution is -2.39. The van der Waals surface area contributed by atoms with Gasteiger partial charge in [-0.2, -0.15) is 0 Å². The molecule has 0 radical (unpaired) electrons. The molecule has 1 aromatic carbocycles. The first-order valence-corrected chi connectivity index (χ1v) is 8.72. The third-order valence-electron chi connectivity index (χ3n) is 5.00. The van der Waals surface area contributed by atoms with E-state index >= 15 is 0 Å². The van der Waals surface area contributed by atoms with Gasteiger partial charge in [0.15, 0.2) is 0 Å². The van der Waals surface area contributed by atoms with Crippen LogP contribution in [-0.4, -0.2) is 48.3 Å². The Hall–Kier alpha value is -2.60. The van der Waals surface area contributed by atoms with Crippen molar-refractivity contribution in [3.63, 3.8) is 0 Å². The van der Waals surface area contributed by atoms with Crippen molar-refractivity contribution in [1.29, 1.82) is 0 Å². The molecule has 0 bridgehead atoms. The number of hydrogen-bond acceptors (Lipinski definition) is 5. The van der Waals surface area contributed by atoms with Gasteiger partial charge >= 0.3 is 5.97 Å². The molecule has 2 heterocycles. The van der Waals surface area contributed by atoms with Gasteiger partial charge in [0.05, 0.1) is 26.2 Å². The molecule has 6 heteroatoms. The Kier molecular flexibility index (Phi) is 5.73. The number of aliphatic carboxylic acids is 1. The third kappa shape index (κ3) is 3.80. The van der Waals surface area contributed by atoms with Gasteiger partial charge in [0, 0.05) is 24.0 Å². The molecule has 0 aliphatic carbocycles.